The Labute approximate surface area is 702 Å². The van der Waals surface area contributed by atoms with Gasteiger partial charge in [-0.3, -0.25) is 14.4 Å². The number of aliphatic hydroxyl groups is 19. The highest BCUT2D eigenvalue weighted by molar-refractivity contribution is 5.78. The molecule has 702 valence electrons. The summed E-state index contributed by atoms with van der Waals surface area (Å²) in [6.45, 7) is -0.874. The Morgan fingerprint density at radius 1 is 0.471 bits per heavy atom. The third kappa shape index (κ3) is 29.5. The lowest BCUT2D eigenvalue weighted by atomic mass is 9.86. The van der Waals surface area contributed by atoms with Crippen molar-refractivity contribution in [2.75, 3.05) is 46.2 Å². The van der Waals surface area contributed by atoms with E-state index in [0.717, 1.165) is 104 Å². The van der Waals surface area contributed by atoms with Crippen LogP contribution in [0.15, 0.2) is 12.2 Å². The molecule has 3 amide bonds. The summed E-state index contributed by atoms with van der Waals surface area (Å²) in [4.78, 5) is 80.2. The molecule has 2 unspecified atom stereocenters. The lowest BCUT2D eigenvalue weighted by Crippen LogP contribution is -2.72. The summed E-state index contributed by atoms with van der Waals surface area (Å²) in [5.74, 6) is -16.5. The van der Waals surface area contributed by atoms with E-state index in [1.54, 1.807) is 6.08 Å². The predicted molar refractivity (Wildman–Crippen MR) is 413 cm³/mol. The van der Waals surface area contributed by atoms with Gasteiger partial charge in [0.1, 0.15) is 128 Å². The molecule has 6 aliphatic rings. The molecule has 0 aliphatic carbocycles. The number of carbonyl (C=O) groups is 6. The van der Waals surface area contributed by atoms with E-state index in [1.165, 1.54) is 44.6 Å². The van der Waals surface area contributed by atoms with Crippen LogP contribution in [0.1, 0.15) is 195 Å². The topological polar surface area (TPSA) is 674 Å². The summed E-state index contributed by atoms with van der Waals surface area (Å²) in [6, 6.07) is -5.09. The van der Waals surface area contributed by atoms with Crippen molar-refractivity contribution in [3.05, 3.63) is 12.2 Å². The average molecular weight is 1750 g/mol. The molecule has 6 rings (SSSR count). The smallest absolute Gasteiger partial charge is 0.364 e. The molecular formula is C79H137N3O39. The number of Topliss-reactive ketones (excluding diaryl/α,β-unsaturated/α-hetero) is 1. The second kappa shape index (κ2) is 52.1. The van der Waals surface area contributed by atoms with Gasteiger partial charge in [0.2, 0.25) is 17.7 Å². The van der Waals surface area contributed by atoms with Crippen LogP contribution < -0.4 is 16.0 Å². The minimum Gasteiger partial charge on any atom is -0.477 e. The maximum Gasteiger partial charge on any atom is 0.364 e. The Morgan fingerprint density at radius 2 is 0.917 bits per heavy atom. The third-order valence-corrected chi connectivity index (χ3v) is 22.9. The molecule has 0 bridgehead atoms. The van der Waals surface area contributed by atoms with Crippen LogP contribution in [0.4, 0.5) is 0 Å². The third-order valence-electron chi connectivity index (χ3n) is 22.9. The maximum absolute atomic E-state index is 14.4. The van der Waals surface area contributed by atoms with Crippen molar-refractivity contribution in [2.45, 2.75) is 396 Å². The van der Waals surface area contributed by atoms with Crippen LogP contribution in [0, 0.1) is 5.92 Å². The summed E-state index contributed by atoms with van der Waals surface area (Å²) in [6.07, 6.45) is -40.0. The number of rotatable bonds is 54. The number of allylic oxidation sites excluding steroid dienone is 1. The SMILES string of the molecule is CCCCCCCCCCCCCC=C[C@@H](O)[C@H](CO[C@@H]1O[C@H](CO)[C@@H](O[C@@H]2O[C@H](CO)[C@H](O[C@@H]3O[C@H](CO)[C@H](O)[C@H](O[C@@H]4O[C@H](CO)[C@H](O)[C@H](O)[C@H]4O)[C@H]3CC(C)=O)[C@H](O[C@]3(C(=O)O)C[C@H](O)[C@@H](NC(C)=O)C([C@H](O)[C@@H](CO)O[C@]4(C(=O)O)C[C@H](O)[C@@H](NC(C)=O)C([C@H](O)[C@H](O)CO)O4)O3)[C@H]2O)[C@H](O)[C@H]1O)NC(=O)CCCCCCCCCCC. The lowest BCUT2D eigenvalue weighted by molar-refractivity contribution is -0.407. The van der Waals surface area contributed by atoms with Gasteiger partial charge in [-0.1, -0.05) is 142 Å². The van der Waals surface area contributed by atoms with Gasteiger partial charge >= 0.3 is 11.9 Å². The Balaban J connectivity index is 1.37. The van der Waals surface area contributed by atoms with Crippen molar-refractivity contribution >= 4 is 35.4 Å². The fraction of sp³-hybridized carbons (Fsp3) is 0.899. The number of carbonyl (C=O) groups excluding carboxylic acids is 4. The average Bonchev–Trinajstić information content (AvgIpc) is 0.752. The summed E-state index contributed by atoms with van der Waals surface area (Å²) >= 11 is 0. The normalized spacial score (nSPS) is 36.3. The zero-order valence-electron chi connectivity index (χ0n) is 69.5. The molecule has 0 radical (unpaired) electrons. The monoisotopic (exact) mass is 1750 g/mol. The van der Waals surface area contributed by atoms with E-state index in [9.17, 15) is 136 Å². The number of amides is 3. The molecule has 24 N–H and O–H groups in total. The Kier molecular flexibility index (Phi) is 45.3. The van der Waals surface area contributed by atoms with Gasteiger partial charge in [0.05, 0.1) is 88.8 Å². The number of nitrogens with one attached hydrogen (secondary N) is 3. The molecule has 0 aromatic rings. The number of carboxylic acid groups (broad SMARTS) is 2. The number of ether oxygens (including phenoxy) is 12. The van der Waals surface area contributed by atoms with Crippen molar-refractivity contribution in [1.29, 1.82) is 0 Å². The van der Waals surface area contributed by atoms with E-state index in [-0.39, 0.29) is 6.42 Å². The number of unbranched alkanes of at least 4 members (excludes halogenated alkanes) is 19. The number of hydrogen-bond acceptors (Lipinski definition) is 37. The summed E-state index contributed by atoms with van der Waals surface area (Å²) in [5, 5.41) is 245. The van der Waals surface area contributed by atoms with Gasteiger partial charge in [-0.2, -0.15) is 0 Å². The van der Waals surface area contributed by atoms with Gasteiger partial charge in [-0.05, 0) is 26.2 Å². The van der Waals surface area contributed by atoms with Crippen LogP contribution in [0.3, 0.4) is 0 Å². The molecule has 6 aliphatic heterocycles. The van der Waals surface area contributed by atoms with Crippen molar-refractivity contribution < 1.29 is 193 Å². The highest BCUT2D eigenvalue weighted by Gasteiger charge is 2.64. The molecule has 42 heteroatoms. The van der Waals surface area contributed by atoms with Gasteiger partial charge in [-0.15, -0.1) is 0 Å². The molecule has 0 aromatic carbocycles. The molecule has 6 saturated heterocycles. The molecule has 0 saturated carbocycles. The molecular weight excluding hydrogens is 1610 g/mol. The second-order valence-electron chi connectivity index (χ2n) is 32.5. The molecule has 0 spiro atoms. The van der Waals surface area contributed by atoms with Crippen molar-refractivity contribution in [3.8, 4) is 0 Å². The summed E-state index contributed by atoms with van der Waals surface area (Å²) < 4.78 is 72.3. The highest BCUT2D eigenvalue weighted by atomic mass is 16.8. The zero-order chi connectivity index (χ0) is 89.6. The summed E-state index contributed by atoms with van der Waals surface area (Å²) in [7, 11) is 0. The lowest BCUT2D eigenvalue weighted by Gasteiger charge is -2.53. The number of hydrogen-bond donors (Lipinski definition) is 24. The zero-order valence-corrected chi connectivity index (χ0v) is 69.5. The fourth-order valence-electron chi connectivity index (χ4n) is 16.1. The van der Waals surface area contributed by atoms with Crippen LogP contribution in [-0.4, -0.2) is 390 Å². The van der Waals surface area contributed by atoms with Crippen LogP contribution in [0.2, 0.25) is 0 Å². The van der Waals surface area contributed by atoms with Crippen LogP contribution >= 0.6 is 0 Å². The van der Waals surface area contributed by atoms with Gasteiger partial charge in [0, 0.05) is 45.4 Å². The van der Waals surface area contributed by atoms with Crippen molar-refractivity contribution in [2.24, 2.45) is 5.92 Å². The maximum atomic E-state index is 14.4. The first-order valence-corrected chi connectivity index (χ1v) is 42.4. The minimum atomic E-state index is -3.68. The quantitative estimate of drug-likeness (QED) is 0.0200. The molecule has 34 atom stereocenters. The van der Waals surface area contributed by atoms with Gasteiger partial charge in [0.25, 0.3) is 11.6 Å². The Hall–Kier alpha value is -4.48. The number of carboxylic acids is 2. The van der Waals surface area contributed by atoms with Gasteiger partial charge in [0.15, 0.2) is 25.2 Å². The first-order valence-electron chi connectivity index (χ1n) is 42.4. The van der Waals surface area contributed by atoms with Crippen molar-refractivity contribution in [3.63, 3.8) is 0 Å². The number of ketones is 1. The van der Waals surface area contributed by atoms with E-state index >= 15 is 0 Å². The minimum absolute atomic E-state index is 0.0860. The molecule has 6 fully saturated rings. The molecule has 6 heterocycles. The fourth-order valence-corrected chi connectivity index (χ4v) is 16.1. The number of aliphatic hydroxyl groups excluding tert-OH is 19. The Bertz CT molecular complexity index is 3080. The largest absolute Gasteiger partial charge is 0.477 e. The van der Waals surface area contributed by atoms with Crippen LogP contribution in [0.5, 0.6) is 0 Å². The van der Waals surface area contributed by atoms with E-state index in [1.807, 2.05) is 0 Å². The van der Waals surface area contributed by atoms with E-state index in [4.69, 9.17) is 56.8 Å². The summed E-state index contributed by atoms with van der Waals surface area (Å²) in [5.41, 5.74) is 0. The standard InChI is InChI=1S/C79H137N3O39/c1-6-8-10-12-14-16-17-18-19-21-22-24-26-28-45(92)44(82-54(96)29-27-25-23-20-15-13-11-9-7-2)39-110-73-64(104)62(102)67(52(37-87)113-73)116-75-65(105)71(68(53(38-88)114-75)117-72-43(30-40(3)89)66(59(99)50(35-85)111-72)115-74-63(103)61(101)58(98)49(34-84)112-74)121-79(77(108)109)32-47(94)56(81-42(5)91)70(120-79)60(100)51(36-86)118-78(76(106)107)31-46(93)55(80-41(4)90)69(119-78)57(97)48(95)33-83/h26,28,43-53,55-75,83-88,92-95,97-105H,6-25,27,29-39H2,1-5H3,(H,80,90)(H,81,91)(H,82,96)(H,106,107)(H,108,109)/t43-,44+,45-,46+,47+,48-,49-,50-,51-,52-,53-,55-,56-,57-,58+,59+,60-,61+,62-,63-,64-,65-,66-,67-,68+,69?,70?,71-,72+,73-,74+,75+,78-,79+/m1/s1. The van der Waals surface area contributed by atoms with Gasteiger partial charge < -0.3 is 185 Å². The van der Waals surface area contributed by atoms with Crippen LogP contribution in [0.25, 0.3) is 0 Å². The second-order valence-corrected chi connectivity index (χ2v) is 32.5. The first kappa shape index (κ1) is 105. The first-order chi connectivity index (χ1) is 57.6. The molecule has 121 heavy (non-hydrogen) atoms. The van der Waals surface area contributed by atoms with Crippen molar-refractivity contribution in [1.82, 2.24) is 16.0 Å². The number of aliphatic carboxylic acids is 2. The Morgan fingerprint density at radius 3 is 1.43 bits per heavy atom. The molecule has 42 nitrogen and oxygen atoms in total. The van der Waals surface area contributed by atoms with E-state index < -0.39 is 308 Å². The molecule has 0 aromatic heterocycles. The van der Waals surface area contributed by atoms with E-state index in [0.29, 0.717) is 12.8 Å². The van der Waals surface area contributed by atoms with Crippen LogP contribution in [-0.2, 0) is 85.6 Å². The van der Waals surface area contributed by atoms with Gasteiger partial charge in [-0.25, -0.2) is 9.59 Å². The highest BCUT2D eigenvalue weighted by Crippen LogP contribution is 2.44. The van der Waals surface area contributed by atoms with E-state index in [2.05, 4.69) is 29.8 Å². The predicted octanol–water partition coefficient (Wildman–Crippen LogP) is -5.12.